The Bertz CT molecular complexity index is 1340. The van der Waals surface area contributed by atoms with Gasteiger partial charge in [-0.2, -0.15) is 0 Å². The highest BCUT2D eigenvalue weighted by atomic mass is 16.5. The van der Waals surface area contributed by atoms with Crippen LogP contribution in [0.3, 0.4) is 0 Å². The van der Waals surface area contributed by atoms with Crippen molar-refractivity contribution in [2.45, 2.75) is 32.9 Å². The summed E-state index contributed by atoms with van der Waals surface area (Å²) in [5.41, 5.74) is 4.94. The van der Waals surface area contributed by atoms with Crippen LogP contribution >= 0.6 is 0 Å². The molecule has 33 heavy (non-hydrogen) atoms. The zero-order valence-electron chi connectivity index (χ0n) is 19.2. The number of rotatable bonds is 4. The molecular formula is C24H27N7O2. The van der Waals surface area contributed by atoms with E-state index in [2.05, 4.69) is 44.3 Å². The molecule has 0 aliphatic carbocycles. The lowest BCUT2D eigenvalue weighted by Gasteiger charge is -2.38. The summed E-state index contributed by atoms with van der Waals surface area (Å²) in [5.74, 6) is 0.329. The number of nitrogens with zero attached hydrogens (tertiary/aromatic N) is 5. The lowest BCUT2D eigenvalue weighted by molar-refractivity contribution is 0.102. The van der Waals surface area contributed by atoms with E-state index < -0.39 is 0 Å². The van der Waals surface area contributed by atoms with E-state index >= 15 is 0 Å². The van der Waals surface area contributed by atoms with Gasteiger partial charge < -0.3 is 24.7 Å². The van der Waals surface area contributed by atoms with Crippen LogP contribution in [0.15, 0.2) is 43.0 Å². The summed E-state index contributed by atoms with van der Waals surface area (Å²) >= 11 is 0. The van der Waals surface area contributed by atoms with Gasteiger partial charge in [-0.25, -0.2) is 4.98 Å². The minimum absolute atomic E-state index is 0.257. The fraction of sp³-hybridized carbons (Fsp3) is 0.333. The number of fused-ring (bicyclic) bond motifs is 2. The van der Waals surface area contributed by atoms with Crippen LogP contribution in [0, 0.1) is 6.92 Å². The fourth-order valence-corrected chi connectivity index (χ4v) is 4.61. The number of carbonyl (C=O) groups is 1. The van der Waals surface area contributed by atoms with Gasteiger partial charge in [-0.1, -0.05) is 0 Å². The topological polar surface area (TPSA) is 96.7 Å². The molecule has 1 amide bonds. The van der Waals surface area contributed by atoms with Crippen LogP contribution in [-0.4, -0.2) is 57.5 Å². The van der Waals surface area contributed by atoms with Crippen molar-refractivity contribution in [1.82, 2.24) is 24.7 Å². The molecule has 1 aliphatic heterocycles. The summed E-state index contributed by atoms with van der Waals surface area (Å²) in [4.78, 5) is 29.2. The summed E-state index contributed by atoms with van der Waals surface area (Å²) in [6.07, 6.45) is 7.00. The Balaban J connectivity index is 1.50. The minimum atomic E-state index is -0.257. The van der Waals surface area contributed by atoms with Crippen molar-refractivity contribution in [3.05, 3.63) is 54.2 Å². The lowest BCUT2D eigenvalue weighted by Crippen LogP contribution is -2.54. The first-order chi connectivity index (χ1) is 15.9. The van der Waals surface area contributed by atoms with Gasteiger partial charge >= 0.3 is 0 Å². The van der Waals surface area contributed by atoms with E-state index in [4.69, 9.17) is 4.74 Å². The number of nitrogens with one attached hydrogen (secondary N) is 2. The Hall–Kier alpha value is -3.72. The standard InChI is InChI=1S/C24H27N7O2/c1-14-10-30(11-15(2)27-14)19-6-5-18(21-22(19)26-8-7-25-21)24(32)29-17-9-20(33-4)23-28-16(3)12-31(23)13-17/h5-9,12-15,27H,10-11H2,1-4H3,(H,29,32). The van der Waals surface area contributed by atoms with Gasteiger partial charge in [-0.15, -0.1) is 0 Å². The first-order valence-electron chi connectivity index (χ1n) is 11.0. The van der Waals surface area contributed by atoms with Crippen molar-refractivity contribution < 1.29 is 9.53 Å². The van der Waals surface area contributed by atoms with Crippen molar-refractivity contribution in [3.63, 3.8) is 0 Å². The molecule has 4 heterocycles. The SMILES string of the molecule is COc1cc(NC(=O)c2ccc(N3CC(C)NC(C)C3)c3nccnc23)cn2cc(C)nc12. The highest BCUT2D eigenvalue weighted by molar-refractivity contribution is 6.13. The van der Waals surface area contributed by atoms with Crippen LogP contribution in [0.2, 0.25) is 0 Å². The average molecular weight is 446 g/mol. The average Bonchev–Trinajstić information content (AvgIpc) is 3.17. The summed E-state index contributed by atoms with van der Waals surface area (Å²) in [6.45, 7) is 7.99. The molecule has 2 atom stereocenters. The second-order valence-corrected chi connectivity index (χ2v) is 8.62. The van der Waals surface area contributed by atoms with Gasteiger partial charge in [-0.3, -0.25) is 14.8 Å². The van der Waals surface area contributed by atoms with Crippen LogP contribution in [0.25, 0.3) is 16.7 Å². The molecule has 9 heteroatoms. The molecule has 1 fully saturated rings. The van der Waals surface area contributed by atoms with Gasteiger partial charge in [-0.05, 0) is 32.9 Å². The van der Waals surface area contributed by atoms with Gasteiger partial charge in [0.1, 0.15) is 11.0 Å². The summed E-state index contributed by atoms with van der Waals surface area (Å²) in [6, 6.07) is 6.29. The summed E-state index contributed by atoms with van der Waals surface area (Å²) < 4.78 is 7.32. The Morgan fingerprint density at radius 3 is 2.58 bits per heavy atom. The molecule has 1 saturated heterocycles. The maximum absolute atomic E-state index is 13.3. The van der Waals surface area contributed by atoms with Crippen LogP contribution in [-0.2, 0) is 0 Å². The van der Waals surface area contributed by atoms with Gasteiger partial charge in [0.25, 0.3) is 5.91 Å². The van der Waals surface area contributed by atoms with Gasteiger partial charge in [0, 0.05) is 56.0 Å². The number of pyridine rings is 1. The third-order valence-electron chi connectivity index (χ3n) is 5.86. The van der Waals surface area contributed by atoms with E-state index in [0.717, 1.165) is 30.0 Å². The monoisotopic (exact) mass is 445 g/mol. The van der Waals surface area contributed by atoms with Crippen molar-refractivity contribution in [2.24, 2.45) is 0 Å². The third kappa shape index (κ3) is 3.95. The molecule has 5 rings (SSSR count). The molecule has 170 valence electrons. The number of aromatic nitrogens is 4. The predicted octanol–water partition coefficient (Wildman–Crippen LogP) is 3.03. The molecule has 2 N–H and O–H groups in total. The van der Waals surface area contributed by atoms with E-state index in [1.165, 1.54) is 0 Å². The number of amides is 1. The first-order valence-corrected chi connectivity index (χ1v) is 11.0. The third-order valence-corrected chi connectivity index (χ3v) is 5.86. The number of imidazole rings is 1. The van der Waals surface area contributed by atoms with E-state index in [9.17, 15) is 4.79 Å². The number of hydrogen-bond acceptors (Lipinski definition) is 7. The van der Waals surface area contributed by atoms with Crippen LogP contribution in [0.5, 0.6) is 5.75 Å². The van der Waals surface area contributed by atoms with Crippen molar-refractivity contribution in [1.29, 1.82) is 0 Å². The fourth-order valence-electron chi connectivity index (χ4n) is 4.61. The normalized spacial score (nSPS) is 18.6. The van der Waals surface area contributed by atoms with E-state index in [1.807, 2.05) is 35.9 Å². The molecule has 0 radical (unpaired) electrons. The number of hydrogen-bond donors (Lipinski definition) is 2. The van der Waals surface area contributed by atoms with Crippen molar-refractivity contribution >= 4 is 34.0 Å². The number of aryl methyl sites for hydroxylation is 1. The lowest BCUT2D eigenvalue weighted by atomic mass is 10.1. The smallest absolute Gasteiger partial charge is 0.257 e. The number of carbonyl (C=O) groups excluding carboxylic acids is 1. The second kappa shape index (κ2) is 8.32. The van der Waals surface area contributed by atoms with Crippen molar-refractivity contribution in [2.75, 3.05) is 30.4 Å². The molecule has 1 aliphatic rings. The molecule has 0 bridgehead atoms. The summed E-state index contributed by atoms with van der Waals surface area (Å²) in [7, 11) is 1.59. The molecular weight excluding hydrogens is 418 g/mol. The molecule has 0 spiro atoms. The molecule has 1 aromatic carbocycles. The zero-order valence-corrected chi connectivity index (χ0v) is 19.2. The Morgan fingerprint density at radius 1 is 1.12 bits per heavy atom. The number of benzene rings is 1. The number of methoxy groups -OCH3 is 1. The van der Waals surface area contributed by atoms with Crippen LogP contribution < -0.4 is 20.3 Å². The number of piperazine rings is 1. The second-order valence-electron chi connectivity index (χ2n) is 8.62. The van der Waals surface area contributed by atoms with E-state index in [1.54, 1.807) is 25.6 Å². The number of ether oxygens (including phenoxy) is 1. The van der Waals surface area contributed by atoms with Crippen molar-refractivity contribution in [3.8, 4) is 5.75 Å². The zero-order chi connectivity index (χ0) is 23.1. The van der Waals surface area contributed by atoms with E-state index in [-0.39, 0.29) is 5.91 Å². The molecule has 0 saturated carbocycles. The van der Waals surface area contributed by atoms with Crippen LogP contribution in [0.4, 0.5) is 11.4 Å². The minimum Gasteiger partial charge on any atom is -0.493 e. The Morgan fingerprint density at radius 2 is 1.85 bits per heavy atom. The van der Waals surface area contributed by atoms with Gasteiger partial charge in [0.15, 0.2) is 11.4 Å². The largest absolute Gasteiger partial charge is 0.493 e. The van der Waals surface area contributed by atoms with Gasteiger partial charge in [0.05, 0.1) is 29.7 Å². The molecule has 2 unspecified atom stereocenters. The predicted molar refractivity (Wildman–Crippen MR) is 128 cm³/mol. The maximum atomic E-state index is 13.3. The highest BCUT2D eigenvalue weighted by Crippen LogP contribution is 2.29. The number of anilines is 2. The first kappa shape index (κ1) is 21.1. The Kier molecular flexibility index (Phi) is 5.33. The van der Waals surface area contributed by atoms with Gasteiger partial charge in [0.2, 0.25) is 0 Å². The highest BCUT2D eigenvalue weighted by Gasteiger charge is 2.24. The quantitative estimate of drug-likeness (QED) is 0.498. The van der Waals surface area contributed by atoms with E-state index in [0.29, 0.717) is 40.2 Å². The molecule has 3 aromatic heterocycles. The molecule has 9 nitrogen and oxygen atoms in total. The molecule has 4 aromatic rings. The Labute approximate surface area is 191 Å². The van der Waals surface area contributed by atoms with Crippen LogP contribution in [0.1, 0.15) is 29.9 Å². The summed E-state index contributed by atoms with van der Waals surface area (Å²) in [5, 5.41) is 6.53. The maximum Gasteiger partial charge on any atom is 0.257 e.